The molecule has 1 aromatic heterocycles. The second-order valence-electron chi connectivity index (χ2n) is 6.40. The van der Waals surface area contributed by atoms with E-state index in [1.54, 1.807) is 0 Å². The van der Waals surface area contributed by atoms with E-state index in [0.29, 0.717) is 12.0 Å². The Morgan fingerprint density at radius 2 is 1.95 bits per heavy atom. The summed E-state index contributed by atoms with van der Waals surface area (Å²) in [5, 5.41) is 9.37. The van der Waals surface area contributed by atoms with Crippen molar-refractivity contribution >= 4 is 5.95 Å². The molecule has 22 heavy (non-hydrogen) atoms. The van der Waals surface area contributed by atoms with Gasteiger partial charge in [0.15, 0.2) is 0 Å². The minimum Gasteiger partial charge on any atom is -0.396 e. The first-order valence-electron chi connectivity index (χ1n) is 8.25. The molecule has 122 valence electrons. The van der Waals surface area contributed by atoms with Crippen LogP contribution < -0.4 is 4.90 Å². The minimum atomic E-state index is 0.287. The first kappa shape index (κ1) is 15.6. The molecule has 6 nitrogen and oxygen atoms in total. The molecular weight excluding hydrogens is 280 g/mol. The zero-order valence-corrected chi connectivity index (χ0v) is 13.3. The van der Waals surface area contributed by atoms with Crippen LogP contribution in [-0.2, 0) is 11.3 Å². The van der Waals surface area contributed by atoms with Crippen molar-refractivity contribution in [1.82, 2.24) is 14.9 Å². The van der Waals surface area contributed by atoms with Crippen LogP contribution in [0.3, 0.4) is 0 Å². The number of aliphatic hydroxyl groups is 1. The Kier molecular flexibility index (Phi) is 5.23. The fourth-order valence-electron chi connectivity index (χ4n) is 3.22. The number of hydrogen-bond donors (Lipinski definition) is 1. The summed E-state index contributed by atoms with van der Waals surface area (Å²) < 4.78 is 5.35. The van der Waals surface area contributed by atoms with E-state index in [1.165, 1.54) is 0 Å². The summed E-state index contributed by atoms with van der Waals surface area (Å²) in [6.07, 6.45) is 6.15. The van der Waals surface area contributed by atoms with E-state index in [4.69, 9.17) is 4.74 Å². The second-order valence-corrected chi connectivity index (χ2v) is 6.40. The van der Waals surface area contributed by atoms with Crippen LogP contribution in [0.5, 0.6) is 0 Å². The van der Waals surface area contributed by atoms with Crippen molar-refractivity contribution in [1.29, 1.82) is 0 Å². The maximum absolute atomic E-state index is 9.37. The van der Waals surface area contributed by atoms with E-state index < -0.39 is 0 Å². The van der Waals surface area contributed by atoms with Gasteiger partial charge < -0.3 is 14.7 Å². The second kappa shape index (κ2) is 7.35. The van der Waals surface area contributed by atoms with Crippen LogP contribution in [0, 0.1) is 5.92 Å². The van der Waals surface area contributed by atoms with Gasteiger partial charge in [0.05, 0.1) is 13.2 Å². The van der Waals surface area contributed by atoms with Gasteiger partial charge in [-0.1, -0.05) is 0 Å². The number of piperidine rings is 1. The number of rotatable bonds is 4. The largest absolute Gasteiger partial charge is 0.396 e. The van der Waals surface area contributed by atoms with E-state index >= 15 is 0 Å². The Morgan fingerprint density at radius 3 is 2.64 bits per heavy atom. The molecule has 2 saturated heterocycles. The lowest BCUT2D eigenvalue weighted by Gasteiger charge is -2.37. The van der Waals surface area contributed by atoms with Crippen LogP contribution in [0.2, 0.25) is 0 Å². The third-order valence-corrected chi connectivity index (χ3v) is 4.74. The van der Waals surface area contributed by atoms with Crippen molar-refractivity contribution in [2.75, 3.05) is 44.4 Å². The number of ether oxygens (including phenoxy) is 1. The molecule has 2 aliphatic heterocycles. The highest BCUT2D eigenvalue weighted by molar-refractivity contribution is 5.30. The Labute approximate surface area is 132 Å². The first-order chi connectivity index (χ1) is 10.8. The van der Waals surface area contributed by atoms with Crippen LogP contribution >= 0.6 is 0 Å². The average molecular weight is 306 g/mol. The molecular formula is C16H26N4O2. The van der Waals surface area contributed by atoms with Gasteiger partial charge in [-0.2, -0.15) is 0 Å². The van der Waals surface area contributed by atoms with Crippen molar-refractivity contribution < 1.29 is 9.84 Å². The molecule has 0 radical (unpaired) electrons. The standard InChI is InChI=1S/C16H26N4O2/c1-13-2-3-14(12-21)10-20(13)11-15-8-17-16(18-9-15)19-4-6-22-7-5-19/h8-9,13-14,21H,2-7,10-12H2,1H3. The van der Waals surface area contributed by atoms with E-state index in [-0.39, 0.29) is 6.61 Å². The molecule has 1 aromatic rings. The third-order valence-electron chi connectivity index (χ3n) is 4.74. The highest BCUT2D eigenvalue weighted by Gasteiger charge is 2.25. The van der Waals surface area contributed by atoms with E-state index in [0.717, 1.165) is 63.7 Å². The molecule has 1 N–H and O–H groups in total. The molecule has 0 bridgehead atoms. The SMILES string of the molecule is CC1CCC(CO)CN1Cc1cnc(N2CCOCC2)nc1. The van der Waals surface area contributed by atoms with Crippen LogP contribution in [-0.4, -0.2) is 65.5 Å². The topological polar surface area (TPSA) is 61.7 Å². The molecule has 0 amide bonds. The Balaban J connectivity index is 1.60. The minimum absolute atomic E-state index is 0.287. The molecule has 2 aliphatic rings. The molecule has 6 heteroatoms. The Morgan fingerprint density at radius 1 is 1.23 bits per heavy atom. The van der Waals surface area contributed by atoms with Crippen molar-refractivity contribution in [3.63, 3.8) is 0 Å². The first-order valence-corrected chi connectivity index (χ1v) is 8.25. The highest BCUT2D eigenvalue weighted by Crippen LogP contribution is 2.23. The zero-order chi connectivity index (χ0) is 15.4. The lowest BCUT2D eigenvalue weighted by molar-refractivity contribution is 0.0770. The van der Waals surface area contributed by atoms with Gasteiger partial charge in [0, 0.05) is 56.8 Å². The summed E-state index contributed by atoms with van der Waals surface area (Å²) in [5.41, 5.74) is 1.14. The normalized spacial score (nSPS) is 27.1. The quantitative estimate of drug-likeness (QED) is 0.892. The predicted octanol–water partition coefficient (Wildman–Crippen LogP) is 0.906. The molecule has 3 heterocycles. The number of anilines is 1. The molecule has 2 atom stereocenters. The summed E-state index contributed by atoms with van der Waals surface area (Å²) in [6, 6.07) is 0.557. The fourth-order valence-corrected chi connectivity index (χ4v) is 3.22. The summed E-state index contributed by atoms with van der Waals surface area (Å²) in [5.74, 6) is 1.21. The number of hydrogen-bond acceptors (Lipinski definition) is 6. The van der Waals surface area contributed by atoms with Crippen LogP contribution in [0.15, 0.2) is 12.4 Å². The number of nitrogens with zero attached hydrogens (tertiary/aromatic N) is 4. The van der Waals surface area contributed by atoms with Gasteiger partial charge in [0.2, 0.25) is 5.95 Å². The van der Waals surface area contributed by atoms with E-state index in [1.807, 2.05) is 12.4 Å². The van der Waals surface area contributed by atoms with Crippen molar-refractivity contribution in [3.05, 3.63) is 18.0 Å². The van der Waals surface area contributed by atoms with Crippen LogP contribution in [0.25, 0.3) is 0 Å². The van der Waals surface area contributed by atoms with Crippen molar-refractivity contribution in [3.8, 4) is 0 Å². The summed E-state index contributed by atoms with van der Waals surface area (Å²) in [7, 11) is 0. The summed E-state index contributed by atoms with van der Waals surface area (Å²) in [6.45, 7) is 7.59. The lowest BCUT2D eigenvalue weighted by Crippen LogP contribution is -2.42. The van der Waals surface area contributed by atoms with Crippen molar-refractivity contribution in [2.45, 2.75) is 32.4 Å². The van der Waals surface area contributed by atoms with Gasteiger partial charge in [-0.3, -0.25) is 4.90 Å². The van der Waals surface area contributed by atoms with Crippen LogP contribution in [0.4, 0.5) is 5.95 Å². The summed E-state index contributed by atoms with van der Waals surface area (Å²) >= 11 is 0. The Hall–Kier alpha value is -1.24. The maximum Gasteiger partial charge on any atom is 0.225 e. The highest BCUT2D eigenvalue weighted by atomic mass is 16.5. The molecule has 2 unspecified atom stereocenters. The number of likely N-dealkylation sites (tertiary alicyclic amines) is 1. The van der Waals surface area contributed by atoms with Gasteiger partial charge in [-0.15, -0.1) is 0 Å². The van der Waals surface area contributed by atoms with Gasteiger partial charge in [0.25, 0.3) is 0 Å². The van der Waals surface area contributed by atoms with Gasteiger partial charge >= 0.3 is 0 Å². The molecule has 3 rings (SSSR count). The van der Waals surface area contributed by atoms with Crippen molar-refractivity contribution in [2.24, 2.45) is 5.92 Å². The average Bonchev–Trinajstić information content (AvgIpc) is 2.58. The number of morpholine rings is 1. The molecule has 0 aromatic carbocycles. The van der Waals surface area contributed by atoms with E-state index in [2.05, 4.69) is 26.7 Å². The molecule has 2 fully saturated rings. The molecule has 0 spiro atoms. The van der Waals surface area contributed by atoms with Gasteiger partial charge in [-0.25, -0.2) is 9.97 Å². The summed E-state index contributed by atoms with van der Waals surface area (Å²) in [4.78, 5) is 13.6. The van der Waals surface area contributed by atoms with E-state index in [9.17, 15) is 5.11 Å². The van der Waals surface area contributed by atoms with Gasteiger partial charge in [0.1, 0.15) is 0 Å². The Bertz CT molecular complexity index is 462. The number of aromatic nitrogens is 2. The maximum atomic E-state index is 9.37. The number of aliphatic hydroxyl groups excluding tert-OH is 1. The van der Waals surface area contributed by atoms with Gasteiger partial charge in [-0.05, 0) is 25.7 Å². The zero-order valence-electron chi connectivity index (χ0n) is 13.3. The lowest BCUT2D eigenvalue weighted by atomic mass is 9.94. The van der Waals surface area contributed by atoms with Crippen LogP contribution in [0.1, 0.15) is 25.3 Å². The smallest absolute Gasteiger partial charge is 0.225 e. The predicted molar refractivity (Wildman–Crippen MR) is 84.7 cm³/mol. The molecule has 0 saturated carbocycles. The molecule has 0 aliphatic carbocycles. The third kappa shape index (κ3) is 3.74. The monoisotopic (exact) mass is 306 g/mol. The fraction of sp³-hybridized carbons (Fsp3) is 0.750.